The molecule has 0 bridgehead atoms. The molecule has 1 aromatic carbocycles. The molecule has 1 aliphatic rings. The zero-order valence-corrected chi connectivity index (χ0v) is 8.84. The molecule has 74 valence electrons. The standard InChI is InChI=1S/C13H16O/c1-3-10-7-8-12(14)13-9(2)5-4-6-11(10)13/h4-6,10H,3,7-8H2,1-2H3. The fraction of sp³-hybridized carbons (Fsp3) is 0.462. The molecule has 0 amide bonds. The van der Waals surface area contributed by atoms with Crippen LogP contribution in [0.2, 0.25) is 0 Å². The Labute approximate surface area is 85.1 Å². The molecule has 2 rings (SSSR count). The first-order valence-electron chi connectivity index (χ1n) is 5.36. The van der Waals surface area contributed by atoms with Gasteiger partial charge in [0.25, 0.3) is 0 Å². The van der Waals surface area contributed by atoms with E-state index in [0.29, 0.717) is 11.7 Å². The van der Waals surface area contributed by atoms with Crippen LogP contribution in [0.1, 0.15) is 53.6 Å². The third kappa shape index (κ3) is 1.37. The summed E-state index contributed by atoms with van der Waals surface area (Å²) in [7, 11) is 0. The lowest BCUT2D eigenvalue weighted by Crippen LogP contribution is -2.16. The van der Waals surface area contributed by atoms with Crippen molar-refractivity contribution in [3.63, 3.8) is 0 Å². The number of ketones is 1. The minimum Gasteiger partial charge on any atom is -0.294 e. The molecule has 0 aromatic heterocycles. The molecular formula is C13H16O. The van der Waals surface area contributed by atoms with Gasteiger partial charge < -0.3 is 0 Å². The van der Waals surface area contributed by atoms with Crippen LogP contribution in [-0.2, 0) is 0 Å². The van der Waals surface area contributed by atoms with Crippen molar-refractivity contribution in [1.29, 1.82) is 0 Å². The van der Waals surface area contributed by atoms with Crippen molar-refractivity contribution in [2.75, 3.05) is 0 Å². The third-order valence-corrected chi connectivity index (χ3v) is 3.24. The van der Waals surface area contributed by atoms with Crippen molar-refractivity contribution in [3.8, 4) is 0 Å². The molecule has 1 unspecified atom stereocenters. The summed E-state index contributed by atoms with van der Waals surface area (Å²) >= 11 is 0. The summed E-state index contributed by atoms with van der Waals surface area (Å²) in [5, 5.41) is 0. The molecule has 0 radical (unpaired) electrons. The maximum atomic E-state index is 11.8. The highest BCUT2D eigenvalue weighted by Crippen LogP contribution is 2.34. The number of hydrogen-bond acceptors (Lipinski definition) is 1. The lowest BCUT2D eigenvalue weighted by atomic mass is 9.79. The van der Waals surface area contributed by atoms with Crippen LogP contribution in [0.5, 0.6) is 0 Å². The van der Waals surface area contributed by atoms with Gasteiger partial charge in [0, 0.05) is 12.0 Å². The number of Topliss-reactive ketones (excluding diaryl/α,β-unsaturated/α-hetero) is 1. The highest BCUT2D eigenvalue weighted by Gasteiger charge is 2.25. The summed E-state index contributed by atoms with van der Waals surface area (Å²) in [6, 6.07) is 6.22. The molecule has 0 N–H and O–H groups in total. The van der Waals surface area contributed by atoms with Gasteiger partial charge in [-0.1, -0.05) is 25.1 Å². The molecule has 0 spiro atoms. The lowest BCUT2D eigenvalue weighted by molar-refractivity contribution is 0.0966. The van der Waals surface area contributed by atoms with Crippen LogP contribution in [0.3, 0.4) is 0 Å². The van der Waals surface area contributed by atoms with Gasteiger partial charge in [0.1, 0.15) is 0 Å². The van der Waals surface area contributed by atoms with Gasteiger partial charge in [-0.3, -0.25) is 4.79 Å². The van der Waals surface area contributed by atoms with Gasteiger partial charge in [0.05, 0.1) is 0 Å². The van der Waals surface area contributed by atoms with E-state index in [9.17, 15) is 4.79 Å². The minimum atomic E-state index is 0.336. The van der Waals surface area contributed by atoms with E-state index in [1.54, 1.807) is 0 Å². The third-order valence-electron chi connectivity index (χ3n) is 3.24. The maximum absolute atomic E-state index is 11.8. The highest BCUT2D eigenvalue weighted by atomic mass is 16.1. The highest BCUT2D eigenvalue weighted by molar-refractivity contribution is 6.00. The molecule has 0 aliphatic heterocycles. The molecule has 0 saturated carbocycles. The van der Waals surface area contributed by atoms with Crippen molar-refractivity contribution >= 4 is 5.78 Å². The molecule has 0 saturated heterocycles. The number of rotatable bonds is 1. The number of carbonyl (C=O) groups is 1. The Hall–Kier alpha value is -1.11. The molecule has 1 nitrogen and oxygen atoms in total. The van der Waals surface area contributed by atoms with Gasteiger partial charge in [-0.15, -0.1) is 0 Å². The molecule has 0 heterocycles. The summed E-state index contributed by atoms with van der Waals surface area (Å²) in [6.45, 7) is 4.24. The Balaban J connectivity index is 2.56. The van der Waals surface area contributed by atoms with Gasteiger partial charge >= 0.3 is 0 Å². The Morgan fingerprint density at radius 3 is 2.93 bits per heavy atom. The zero-order chi connectivity index (χ0) is 10.1. The number of fused-ring (bicyclic) bond motifs is 1. The quantitative estimate of drug-likeness (QED) is 0.659. The van der Waals surface area contributed by atoms with Gasteiger partial charge in [-0.05, 0) is 36.8 Å². The Bertz CT molecular complexity index is 365. The summed E-state index contributed by atoms with van der Waals surface area (Å²) in [5.41, 5.74) is 3.43. The fourth-order valence-corrected chi connectivity index (χ4v) is 2.42. The molecular weight excluding hydrogens is 172 g/mol. The average molecular weight is 188 g/mol. The molecule has 1 heteroatoms. The van der Waals surface area contributed by atoms with E-state index >= 15 is 0 Å². The van der Waals surface area contributed by atoms with Crippen LogP contribution in [0.15, 0.2) is 18.2 Å². The SMILES string of the molecule is CCC1CCC(=O)c2c(C)cccc21. The largest absolute Gasteiger partial charge is 0.294 e. The number of aryl methyl sites for hydroxylation is 1. The first kappa shape index (κ1) is 9.45. The van der Waals surface area contributed by atoms with E-state index in [0.717, 1.165) is 30.4 Å². The van der Waals surface area contributed by atoms with Crippen molar-refractivity contribution < 1.29 is 4.79 Å². The second-order valence-corrected chi connectivity index (χ2v) is 4.11. The molecule has 1 aromatic rings. The van der Waals surface area contributed by atoms with Crippen molar-refractivity contribution in [3.05, 3.63) is 34.9 Å². The van der Waals surface area contributed by atoms with E-state index in [2.05, 4.69) is 19.1 Å². The van der Waals surface area contributed by atoms with E-state index in [4.69, 9.17) is 0 Å². The Kier molecular flexibility index (Phi) is 2.40. The normalized spacial score (nSPS) is 20.7. The van der Waals surface area contributed by atoms with Gasteiger partial charge in [-0.25, -0.2) is 0 Å². The lowest BCUT2D eigenvalue weighted by Gasteiger charge is -2.24. The van der Waals surface area contributed by atoms with Crippen LogP contribution < -0.4 is 0 Å². The van der Waals surface area contributed by atoms with E-state index < -0.39 is 0 Å². The maximum Gasteiger partial charge on any atom is 0.163 e. The first-order valence-corrected chi connectivity index (χ1v) is 5.36. The van der Waals surface area contributed by atoms with E-state index in [1.807, 2.05) is 13.0 Å². The van der Waals surface area contributed by atoms with E-state index in [1.165, 1.54) is 5.56 Å². The van der Waals surface area contributed by atoms with Crippen LogP contribution >= 0.6 is 0 Å². The van der Waals surface area contributed by atoms with E-state index in [-0.39, 0.29) is 0 Å². The van der Waals surface area contributed by atoms with Crippen LogP contribution in [-0.4, -0.2) is 5.78 Å². The fourth-order valence-electron chi connectivity index (χ4n) is 2.42. The average Bonchev–Trinajstić information content (AvgIpc) is 2.18. The zero-order valence-electron chi connectivity index (χ0n) is 8.84. The summed E-state index contributed by atoms with van der Waals surface area (Å²) in [5.74, 6) is 0.936. The minimum absolute atomic E-state index is 0.336. The Morgan fingerprint density at radius 2 is 2.21 bits per heavy atom. The first-order chi connectivity index (χ1) is 6.74. The second kappa shape index (κ2) is 3.56. The van der Waals surface area contributed by atoms with Gasteiger partial charge in [0.2, 0.25) is 0 Å². The van der Waals surface area contributed by atoms with Gasteiger partial charge in [-0.2, -0.15) is 0 Å². The number of hydrogen-bond donors (Lipinski definition) is 0. The van der Waals surface area contributed by atoms with Crippen LogP contribution in [0.4, 0.5) is 0 Å². The Morgan fingerprint density at radius 1 is 1.43 bits per heavy atom. The monoisotopic (exact) mass is 188 g/mol. The summed E-state index contributed by atoms with van der Waals surface area (Å²) in [4.78, 5) is 11.8. The molecule has 14 heavy (non-hydrogen) atoms. The molecule has 1 aliphatic carbocycles. The van der Waals surface area contributed by atoms with Crippen molar-refractivity contribution in [2.45, 2.75) is 39.0 Å². The van der Waals surface area contributed by atoms with Crippen LogP contribution in [0, 0.1) is 6.92 Å². The van der Waals surface area contributed by atoms with Crippen molar-refractivity contribution in [1.82, 2.24) is 0 Å². The van der Waals surface area contributed by atoms with Crippen LogP contribution in [0.25, 0.3) is 0 Å². The summed E-state index contributed by atoms with van der Waals surface area (Å²) < 4.78 is 0. The second-order valence-electron chi connectivity index (χ2n) is 4.11. The topological polar surface area (TPSA) is 17.1 Å². The number of benzene rings is 1. The smallest absolute Gasteiger partial charge is 0.163 e. The van der Waals surface area contributed by atoms with Crippen molar-refractivity contribution in [2.24, 2.45) is 0 Å². The molecule has 1 atom stereocenters. The predicted octanol–water partition coefficient (Wildman–Crippen LogP) is 3.47. The molecule has 0 fully saturated rings. The summed E-state index contributed by atoms with van der Waals surface area (Å²) in [6.07, 6.45) is 2.91. The van der Waals surface area contributed by atoms with Gasteiger partial charge in [0.15, 0.2) is 5.78 Å². The number of carbonyl (C=O) groups excluding carboxylic acids is 1. The predicted molar refractivity (Wildman–Crippen MR) is 57.8 cm³/mol.